The Morgan fingerprint density at radius 3 is 2.81 bits per heavy atom. The number of hydrogen-bond acceptors (Lipinski definition) is 4. The summed E-state index contributed by atoms with van der Waals surface area (Å²) in [5, 5.41) is 3.04. The van der Waals surface area contributed by atoms with E-state index in [-0.39, 0.29) is 5.91 Å². The van der Waals surface area contributed by atoms with Crippen molar-refractivity contribution in [2.24, 2.45) is 0 Å². The summed E-state index contributed by atoms with van der Waals surface area (Å²) in [6.45, 7) is 4.76. The summed E-state index contributed by atoms with van der Waals surface area (Å²) in [6, 6.07) is 11.5. The number of benzene rings is 1. The molecular formula is C16H18N4O. The van der Waals surface area contributed by atoms with E-state index in [4.69, 9.17) is 0 Å². The van der Waals surface area contributed by atoms with Gasteiger partial charge in [0.2, 0.25) is 0 Å². The minimum Gasteiger partial charge on any atom is -0.366 e. The van der Waals surface area contributed by atoms with Crippen LogP contribution in [0, 0.1) is 0 Å². The lowest BCUT2D eigenvalue weighted by molar-refractivity contribution is 0.0779. The Balaban J connectivity index is 2.06. The van der Waals surface area contributed by atoms with E-state index >= 15 is 0 Å². The van der Waals surface area contributed by atoms with Crippen LogP contribution < -0.4 is 5.32 Å². The molecule has 1 heterocycles. The molecule has 0 aliphatic carbocycles. The zero-order valence-corrected chi connectivity index (χ0v) is 12.0. The van der Waals surface area contributed by atoms with Gasteiger partial charge in [0.1, 0.15) is 17.8 Å². The van der Waals surface area contributed by atoms with Gasteiger partial charge in [0.05, 0.1) is 0 Å². The molecule has 0 radical (unpaired) electrons. The topological polar surface area (TPSA) is 58.1 Å². The lowest BCUT2D eigenvalue weighted by Crippen LogP contribution is -2.27. The Morgan fingerprint density at radius 2 is 2.10 bits per heavy atom. The third kappa shape index (κ3) is 4.14. The molecule has 1 aromatic carbocycles. The third-order valence-electron chi connectivity index (χ3n) is 2.92. The molecule has 0 spiro atoms. The molecule has 5 nitrogen and oxygen atoms in total. The highest BCUT2D eigenvalue weighted by Gasteiger charge is 2.14. The number of hydrogen-bond donors (Lipinski definition) is 1. The van der Waals surface area contributed by atoms with Crippen LogP contribution in [0.15, 0.2) is 55.4 Å². The van der Waals surface area contributed by atoms with E-state index in [1.807, 2.05) is 30.3 Å². The van der Waals surface area contributed by atoms with Gasteiger partial charge in [-0.15, -0.1) is 6.58 Å². The Bertz CT molecular complexity index is 613. The maximum absolute atomic E-state index is 12.4. The third-order valence-corrected chi connectivity index (χ3v) is 2.92. The average molecular weight is 282 g/mol. The number of carbonyl (C=O) groups excluding carboxylic acids is 1. The number of nitrogens with zero attached hydrogens (tertiary/aromatic N) is 3. The quantitative estimate of drug-likeness (QED) is 0.826. The number of nitrogens with one attached hydrogen (secondary N) is 1. The first-order chi connectivity index (χ1) is 10.2. The van der Waals surface area contributed by atoms with Crippen LogP contribution >= 0.6 is 0 Å². The maximum Gasteiger partial charge on any atom is 0.272 e. The van der Waals surface area contributed by atoms with E-state index in [1.165, 1.54) is 6.33 Å². The van der Waals surface area contributed by atoms with E-state index in [1.54, 1.807) is 24.1 Å². The van der Waals surface area contributed by atoms with Crippen molar-refractivity contribution in [3.63, 3.8) is 0 Å². The van der Waals surface area contributed by atoms with Gasteiger partial charge in [-0.2, -0.15) is 0 Å². The standard InChI is InChI=1S/C16H18N4O/c1-3-9-17-15-10-14(18-12-19-15)16(21)20(2)11-13-7-5-4-6-8-13/h3-8,10,12H,1,9,11H2,2H3,(H,17,18,19). The molecule has 1 aromatic heterocycles. The molecule has 0 saturated heterocycles. The van der Waals surface area contributed by atoms with Gasteiger partial charge in [-0.1, -0.05) is 36.4 Å². The SMILES string of the molecule is C=CCNc1cc(C(=O)N(C)Cc2ccccc2)ncn1. The molecule has 108 valence electrons. The summed E-state index contributed by atoms with van der Waals surface area (Å²) in [5.41, 5.74) is 1.45. The van der Waals surface area contributed by atoms with Gasteiger partial charge in [-0.3, -0.25) is 4.79 Å². The molecule has 0 aliphatic heterocycles. The van der Waals surface area contributed by atoms with Crippen LogP contribution in [0.2, 0.25) is 0 Å². The Hall–Kier alpha value is -2.69. The number of anilines is 1. The molecule has 0 fully saturated rings. The van der Waals surface area contributed by atoms with Crippen LogP contribution in [0.4, 0.5) is 5.82 Å². The van der Waals surface area contributed by atoms with Crippen LogP contribution in [0.5, 0.6) is 0 Å². The molecule has 2 aromatic rings. The first-order valence-corrected chi connectivity index (χ1v) is 6.67. The molecule has 0 unspecified atom stereocenters. The largest absolute Gasteiger partial charge is 0.366 e. The zero-order chi connectivity index (χ0) is 15.1. The van der Waals surface area contributed by atoms with Crippen LogP contribution in [-0.4, -0.2) is 34.4 Å². The highest BCUT2D eigenvalue weighted by molar-refractivity contribution is 5.92. The molecular weight excluding hydrogens is 264 g/mol. The normalized spacial score (nSPS) is 9.95. The number of carbonyl (C=O) groups is 1. The van der Waals surface area contributed by atoms with E-state index in [0.29, 0.717) is 24.6 Å². The maximum atomic E-state index is 12.4. The second-order valence-corrected chi connectivity index (χ2v) is 4.60. The molecule has 0 atom stereocenters. The van der Waals surface area contributed by atoms with Gasteiger partial charge in [-0.25, -0.2) is 9.97 Å². The summed E-state index contributed by atoms with van der Waals surface area (Å²) in [6.07, 6.45) is 3.11. The lowest BCUT2D eigenvalue weighted by Gasteiger charge is -2.17. The first kappa shape index (κ1) is 14.7. The predicted octanol–water partition coefficient (Wildman–Crippen LogP) is 2.35. The fourth-order valence-electron chi connectivity index (χ4n) is 1.87. The van der Waals surface area contributed by atoms with Gasteiger partial charge in [-0.05, 0) is 5.56 Å². The van der Waals surface area contributed by atoms with Crippen molar-refractivity contribution in [1.29, 1.82) is 0 Å². The number of aromatic nitrogens is 2. The minimum absolute atomic E-state index is 0.136. The second-order valence-electron chi connectivity index (χ2n) is 4.60. The van der Waals surface area contributed by atoms with Crippen molar-refractivity contribution in [2.45, 2.75) is 6.54 Å². The first-order valence-electron chi connectivity index (χ1n) is 6.67. The Morgan fingerprint density at radius 1 is 1.33 bits per heavy atom. The number of amides is 1. The summed E-state index contributed by atoms with van der Waals surface area (Å²) >= 11 is 0. The molecule has 5 heteroatoms. The van der Waals surface area contributed by atoms with Crippen LogP contribution in [-0.2, 0) is 6.54 Å². The van der Waals surface area contributed by atoms with Crippen LogP contribution in [0.3, 0.4) is 0 Å². The molecule has 21 heavy (non-hydrogen) atoms. The summed E-state index contributed by atoms with van der Waals surface area (Å²) in [5.74, 6) is 0.476. The highest BCUT2D eigenvalue weighted by Crippen LogP contribution is 2.09. The van der Waals surface area contributed by atoms with E-state index in [9.17, 15) is 4.79 Å². The van der Waals surface area contributed by atoms with Crippen molar-refractivity contribution in [1.82, 2.24) is 14.9 Å². The minimum atomic E-state index is -0.136. The van der Waals surface area contributed by atoms with Crippen molar-refractivity contribution in [2.75, 3.05) is 18.9 Å². The molecule has 1 N–H and O–H groups in total. The monoisotopic (exact) mass is 282 g/mol. The van der Waals surface area contributed by atoms with E-state index in [2.05, 4.69) is 21.9 Å². The average Bonchev–Trinajstić information content (AvgIpc) is 2.53. The zero-order valence-electron chi connectivity index (χ0n) is 12.0. The van der Waals surface area contributed by atoms with E-state index in [0.717, 1.165) is 5.56 Å². The van der Waals surface area contributed by atoms with Gasteiger partial charge in [0.25, 0.3) is 5.91 Å². The molecule has 1 amide bonds. The van der Waals surface area contributed by atoms with Crippen molar-refractivity contribution in [3.05, 3.63) is 66.6 Å². The van der Waals surface area contributed by atoms with Crippen molar-refractivity contribution >= 4 is 11.7 Å². The highest BCUT2D eigenvalue weighted by atomic mass is 16.2. The van der Waals surface area contributed by atoms with Gasteiger partial charge in [0.15, 0.2) is 0 Å². The summed E-state index contributed by atoms with van der Waals surface area (Å²) < 4.78 is 0. The predicted molar refractivity (Wildman–Crippen MR) is 83.0 cm³/mol. The van der Waals surface area contributed by atoms with Crippen LogP contribution in [0.25, 0.3) is 0 Å². The van der Waals surface area contributed by atoms with Gasteiger partial charge < -0.3 is 10.2 Å². The smallest absolute Gasteiger partial charge is 0.272 e. The number of rotatable bonds is 6. The molecule has 0 aliphatic rings. The summed E-state index contributed by atoms with van der Waals surface area (Å²) in [4.78, 5) is 22.1. The summed E-state index contributed by atoms with van der Waals surface area (Å²) in [7, 11) is 1.76. The fourth-order valence-corrected chi connectivity index (χ4v) is 1.87. The Labute approximate surface area is 124 Å². The second kappa shape index (κ2) is 7.19. The fraction of sp³-hybridized carbons (Fsp3) is 0.188. The van der Waals surface area contributed by atoms with Gasteiger partial charge >= 0.3 is 0 Å². The van der Waals surface area contributed by atoms with Crippen molar-refractivity contribution in [3.8, 4) is 0 Å². The molecule has 2 rings (SSSR count). The lowest BCUT2D eigenvalue weighted by atomic mass is 10.2. The molecule has 0 saturated carbocycles. The van der Waals surface area contributed by atoms with Gasteiger partial charge in [0, 0.05) is 26.2 Å². The molecule has 0 bridgehead atoms. The van der Waals surface area contributed by atoms with Crippen LogP contribution in [0.1, 0.15) is 16.1 Å². The Kier molecular flexibility index (Phi) is 5.04. The van der Waals surface area contributed by atoms with Crippen molar-refractivity contribution < 1.29 is 4.79 Å². The van der Waals surface area contributed by atoms with E-state index < -0.39 is 0 Å².